The summed E-state index contributed by atoms with van der Waals surface area (Å²) in [5, 5.41) is 188. The van der Waals surface area contributed by atoms with E-state index in [-0.39, 0.29) is 70.5 Å². The predicted octanol–water partition coefficient (Wildman–Crippen LogP) is 0.770. The summed E-state index contributed by atoms with van der Waals surface area (Å²) in [5.74, 6) is -17.7. The minimum atomic E-state index is -2.53. The molecule has 3 fully saturated rings. The van der Waals surface area contributed by atoms with E-state index in [0.29, 0.717) is 44.7 Å². The first-order chi connectivity index (χ1) is 67.4. The number of hydrogen-bond acceptors (Lipinski definition) is 35. The van der Waals surface area contributed by atoms with E-state index >= 15 is 28.8 Å². The number of benzene rings is 7. The Morgan fingerprint density at radius 3 is 1.72 bits per heavy atom. The largest absolute Gasteiger partial charge is 0.508 e. The van der Waals surface area contributed by atoms with Gasteiger partial charge in [-0.2, -0.15) is 0 Å². The van der Waals surface area contributed by atoms with Crippen LogP contribution in [0.15, 0.2) is 115 Å². The molecule has 16 rings (SSSR count). The summed E-state index contributed by atoms with van der Waals surface area (Å²) in [7, 11) is 0. The number of nitrogens with two attached hydrogens (primary N) is 2. The second kappa shape index (κ2) is 46.3. The number of unbranched alkanes of at least 4 members (excludes halogenated alkanes) is 4. The summed E-state index contributed by atoms with van der Waals surface area (Å²) in [6, 6.07) is 1.88. The number of fused-ring (bicyclic) bond motifs is 14. The lowest BCUT2D eigenvalue weighted by atomic mass is 9.89. The molecule has 23 atom stereocenters. The van der Waals surface area contributed by atoms with E-state index in [4.69, 9.17) is 77.3 Å². The van der Waals surface area contributed by atoms with Crippen molar-refractivity contribution in [1.29, 1.82) is 0 Å². The Kier molecular flexibility index (Phi) is 34.4. The smallest absolute Gasteiger partial charge is 0.248 e. The number of aliphatic hydroxyl groups excluding tert-OH is 10. The Labute approximate surface area is 815 Å². The third-order valence-corrected chi connectivity index (χ3v) is 25.6. The molecule has 0 radical (unpaired) electrons. The SMILES string of the molecule is CC(=O)N[C@@H]1[C@H](O[C@@H]2c3ccc(c(Cl)c3)Oc3cc4cc(c3O[C@@H]3O[C@@H](CO)[C@@H](O)[C@H](O)[C@@H]3NC(=O)CCCCCCC(C)C)Oc3ccc(cc3Cl)C[C@H]3NC(=O)[C@H](N)c5ccc(O)c(c5)Oc5cc(O)cc(c5)[C@H](NC3=O)C(=O)N[C@H]4C(=O)N[C@H]3C(=O)N[C@@H]2C(=O)N[C@H](C(=O)NCCCNCCCCN)c2cc(O)cc(O[C@H]4O[C@H](CO)[C@@H](O)[C@@H](O)[C@@H]4O)c2-c2cc3ccc2O)O[C@@H](CO)[C@@H](O)[C@@H]1O. The van der Waals surface area contributed by atoms with E-state index in [1.807, 2.05) is 0 Å². The van der Waals surface area contributed by atoms with Gasteiger partial charge in [0.2, 0.25) is 71.5 Å². The maximum Gasteiger partial charge on any atom is 0.248 e. The normalized spacial score (nSPS) is 27.8. The van der Waals surface area contributed by atoms with Crippen molar-refractivity contribution in [3.63, 3.8) is 0 Å². The third-order valence-electron chi connectivity index (χ3n) is 25.0. The summed E-state index contributed by atoms with van der Waals surface area (Å²) in [6.45, 7) is 3.05. The molecule has 17 bridgehead atoms. The van der Waals surface area contributed by atoms with Gasteiger partial charge < -0.3 is 179 Å². The lowest BCUT2D eigenvalue weighted by molar-refractivity contribution is -0.284. The monoisotopic (exact) mass is 2000 g/mol. The maximum atomic E-state index is 17.2. The molecular formula is C95H114Cl2N12O32. The van der Waals surface area contributed by atoms with Gasteiger partial charge in [-0.05, 0) is 169 Å². The fraction of sp³-hybridized carbons (Fsp3) is 0.463. The van der Waals surface area contributed by atoms with Gasteiger partial charge in [-0.15, -0.1) is 0 Å². The predicted molar refractivity (Wildman–Crippen MR) is 494 cm³/mol. The van der Waals surface area contributed by atoms with Gasteiger partial charge in [0.05, 0.1) is 29.9 Å². The van der Waals surface area contributed by atoms with Crippen LogP contribution in [0.2, 0.25) is 10.0 Å². The molecule has 28 N–H and O–H groups in total. The van der Waals surface area contributed by atoms with Gasteiger partial charge in [0, 0.05) is 49.6 Å². The first-order valence-electron chi connectivity index (χ1n) is 45.9. The number of phenolic OH excluding ortho intramolecular Hbond substituents is 4. The summed E-state index contributed by atoms with van der Waals surface area (Å²) in [5.41, 5.74) is 9.14. The number of hydrogen-bond donors (Lipinski definition) is 26. The van der Waals surface area contributed by atoms with Crippen molar-refractivity contribution in [2.45, 2.75) is 225 Å². The van der Waals surface area contributed by atoms with Gasteiger partial charge in [0.1, 0.15) is 162 Å². The van der Waals surface area contributed by atoms with Crippen molar-refractivity contribution in [2.75, 3.05) is 46.0 Å². The van der Waals surface area contributed by atoms with Gasteiger partial charge in [-0.1, -0.05) is 87.0 Å². The highest BCUT2D eigenvalue weighted by molar-refractivity contribution is 6.32. The van der Waals surface area contributed by atoms with Crippen molar-refractivity contribution >= 4 is 76.4 Å². The number of rotatable bonds is 27. The lowest BCUT2D eigenvalue weighted by Gasteiger charge is -2.44. The number of carbonyl (C=O) groups is 9. The molecule has 9 heterocycles. The van der Waals surface area contributed by atoms with E-state index in [1.54, 1.807) is 0 Å². The maximum absolute atomic E-state index is 17.2. The molecule has 760 valence electrons. The highest BCUT2D eigenvalue weighted by Crippen LogP contribution is 2.51. The average molecular weight is 2010 g/mol. The Morgan fingerprint density at radius 1 is 0.496 bits per heavy atom. The van der Waals surface area contributed by atoms with Crippen LogP contribution in [0.3, 0.4) is 0 Å². The minimum absolute atomic E-state index is 0.0320. The van der Waals surface area contributed by atoms with Gasteiger partial charge in [-0.3, -0.25) is 43.2 Å². The van der Waals surface area contributed by atoms with Crippen molar-refractivity contribution < 1.29 is 157 Å². The van der Waals surface area contributed by atoms with Crippen molar-refractivity contribution in [2.24, 2.45) is 17.4 Å². The third kappa shape index (κ3) is 24.3. The van der Waals surface area contributed by atoms with Gasteiger partial charge in [0.25, 0.3) is 0 Å². The molecule has 7 aromatic rings. The first-order valence-corrected chi connectivity index (χ1v) is 46.7. The van der Waals surface area contributed by atoms with Crippen molar-refractivity contribution in [3.05, 3.63) is 164 Å². The Balaban J connectivity index is 1.04. The molecule has 0 saturated carbocycles. The second-order valence-electron chi connectivity index (χ2n) is 35.7. The van der Waals surface area contributed by atoms with Crippen molar-refractivity contribution in [3.8, 4) is 80.1 Å². The Bertz CT molecular complexity index is 5750. The molecule has 141 heavy (non-hydrogen) atoms. The van der Waals surface area contributed by atoms with Crippen LogP contribution in [0, 0.1) is 5.92 Å². The molecule has 9 aliphatic rings. The summed E-state index contributed by atoms with van der Waals surface area (Å²) in [4.78, 5) is 141. The molecule has 9 amide bonds. The van der Waals surface area contributed by atoms with Crippen LogP contribution in [0.4, 0.5) is 0 Å². The van der Waals surface area contributed by atoms with Crippen molar-refractivity contribution in [1.82, 2.24) is 53.2 Å². The molecule has 0 aromatic heterocycles. The first kappa shape index (κ1) is 105. The molecule has 9 aliphatic heterocycles. The number of aliphatic hydroxyl groups is 10. The highest BCUT2D eigenvalue weighted by atomic mass is 35.5. The number of aromatic hydroxyl groups is 4. The minimum Gasteiger partial charge on any atom is -0.508 e. The van der Waals surface area contributed by atoms with Gasteiger partial charge in [0.15, 0.2) is 29.3 Å². The lowest BCUT2D eigenvalue weighted by Crippen LogP contribution is -2.65. The number of carbonyl (C=O) groups excluding carboxylic acids is 9. The fourth-order valence-corrected chi connectivity index (χ4v) is 18.0. The zero-order valence-electron chi connectivity index (χ0n) is 76.4. The summed E-state index contributed by atoms with van der Waals surface area (Å²) >= 11 is 14.9. The molecule has 0 aliphatic carbocycles. The van der Waals surface area contributed by atoms with Gasteiger partial charge >= 0.3 is 0 Å². The summed E-state index contributed by atoms with van der Waals surface area (Å²) in [6.07, 6.45) is -24.1. The number of ether oxygens (including phenoxy) is 9. The van der Waals surface area contributed by atoms with Crippen LogP contribution < -0.4 is 88.3 Å². The van der Waals surface area contributed by atoms with E-state index < -0.39 is 304 Å². The van der Waals surface area contributed by atoms with Crippen LogP contribution in [-0.2, 0) is 68.5 Å². The zero-order chi connectivity index (χ0) is 101. The Hall–Kier alpha value is -12.1. The molecule has 46 heteroatoms. The topological polar surface area (TPSA) is 692 Å². The highest BCUT2D eigenvalue weighted by Gasteiger charge is 2.53. The molecule has 7 aromatic carbocycles. The number of halogens is 2. The van der Waals surface area contributed by atoms with Crippen LogP contribution >= 0.6 is 23.2 Å². The molecular weight excluding hydrogens is 1890 g/mol. The number of nitrogens with one attached hydrogen (secondary N) is 10. The van der Waals surface area contributed by atoms with E-state index in [2.05, 4.69) is 67.0 Å². The van der Waals surface area contributed by atoms with Crippen LogP contribution in [0.1, 0.15) is 154 Å². The zero-order valence-corrected chi connectivity index (χ0v) is 77.9. The molecule has 44 nitrogen and oxygen atoms in total. The van der Waals surface area contributed by atoms with Crippen LogP contribution in [-0.4, -0.2) is 275 Å². The van der Waals surface area contributed by atoms with E-state index in [9.17, 15) is 85.9 Å². The molecule has 0 spiro atoms. The Morgan fingerprint density at radius 2 is 1.07 bits per heavy atom. The quantitative estimate of drug-likeness (QED) is 0.0316. The molecule has 3 saturated heterocycles. The number of phenols is 4. The second-order valence-corrected chi connectivity index (χ2v) is 36.5. The van der Waals surface area contributed by atoms with E-state index in [0.717, 1.165) is 111 Å². The molecule has 0 unspecified atom stereocenters. The van der Waals surface area contributed by atoms with Gasteiger partial charge in [-0.25, -0.2) is 0 Å². The van der Waals surface area contributed by atoms with Crippen LogP contribution in [0.25, 0.3) is 11.1 Å². The standard InChI is InChI=1S/C95H114Cl2N12O32/c1-40(2)11-6-4-5-7-12-67(118)104-75-81(123)78(120)65(38-111)138-94(75)141-85-62-32-47-33-63(85)135-59-20-16-45(30-54(59)97)84(140-93-74(102-41(3)113)80(122)77(119)64(37-110)137-93)76-92(132)108-73(88(128)101-24-10-23-100-22-9-8-21-98)52-35-49(115)36-61(136-95-83(125)82(124)79(121)66(39-112)139-95)68(52)51-29-44(15-17-56(51)116)70(89(129)109-76)106-91(131)72(47)107-90(130)71-46-27-48(114)34-50(28-46)133-60-31-43(14-18-57(60)117)69(99)87(127)103-55(86(126)105-71)26-42-13-19-58(134-62)53(96)25-42/h13-20,25,27-36,40,55,64-66,69-84,93-95,100,110-112,114-117,119-125H,4-12,21-24,26,37-39,98-99H2,1-3H3,(H,101,128)(H,102,113)(H,103,127)(H,104,118)(H,105,126)(H,106,131)(H,107,130)(H,108,132)(H,109,129)/t55-,64+,65+,66-,69-,70-,71+,72-,73+,74+,75+,76+,77-,78-,79-,80-,81-,82-,83+,84-,93+,94+,95+/m1/s1. The summed E-state index contributed by atoms with van der Waals surface area (Å²) < 4.78 is 58.3. The van der Waals surface area contributed by atoms with Crippen LogP contribution in [0.5, 0.6) is 69.0 Å². The average Bonchev–Trinajstić information content (AvgIpc) is 0.756. The fourth-order valence-electron chi connectivity index (χ4n) is 17.5. The van der Waals surface area contributed by atoms with E-state index in [1.165, 1.54) is 30.3 Å². The number of amides is 9.